The summed E-state index contributed by atoms with van der Waals surface area (Å²) >= 11 is 0. The van der Waals surface area contributed by atoms with Crippen molar-refractivity contribution in [2.75, 3.05) is 40.5 Å². The third-order valence-corrected chi connectivity index (χ3v) is 2.69. The maximum absolute atomic E-state index is 8.78. The van der Waals surface area contributed by atoms with Crippen molar-refractivity contribution in [3.05, 3.63) is 0 Å². The van der Waals surface area contributed by atoms with Gasteiger partial charge in [-0.25, -0.2) is 0 Å². The predicted octanol–water partition coefficient (Wildman–Crippen LogP) is 1.66. The van der Waals surface area contributed by atoms with Crippen molar-refractivity contribution in [2.45, 2.75) is 32.2 Å². The molecular weight excluding hydrogens is 204 g/mol. The molecule has 0 bridgehead atoms. The van der Waals surface area contributed by atoms with E-state index in [1.165, 1.54) is 0 Å². The van der Waals surface area contributed by atoms with Gasteiger partial charge in [0, 0.05) is 40.0 Å². The Morgan fingerprint density at radius 2 is 1.88 bits per heavy atom. The summed E-state index contributed by atoms with van der Waals surface area (Å²) in [4.78, 5) is 2.33. The number of rotatable bonds is 10. The first-order chi connectivity index (χ1) is 7.79. The summed E-state index contributed by atoms with van der Waals surface area (Å²) in [5.41, 5.74) is 0. The standard InChI is InChI=1S/C12H24N2O2/c1-4-12(6-7-13)14(9-11-16-3)8-5-10-15-2/h12H,4-6,8-11H2,1-3H3. The van der Waals surface area contributed by atoms with Gasteiger partial charge < -0.3 is 9.47 Å². The first kappa shape index (κ1) is 15.4. The van der Waals surface area contributed by atoms with Crippen LogP contribution in [-0.2, 0) is 9.47 Å². The van der Waals surface area contributed by atoms with E-state index in [4.69, 9.17) is 14.7 Å². The molecule has 0 amide bonds. The maximum atomic E-state index is 8.78. The molecule has 4 nitrogen and oxygen atoms in total. The SMILES string of the molecule is CCC(CC#N)N(CCCOC)CCOC. The van der Waals surface area contributed by atoms with Gasteiger partial charge in [0.2, 0.25) is 0 Å². The predicted molar refractivity (Wildman–Crippen MR) is 64.3 cm³/mol. The maximum Gasteiger partial charge on any atom is 0.0638 e. The van der Waals surface area contributed by atoms with Gasteiger partial charge in [-0.3, -0.25) is 4.90 Å². The van der Waals surface area contributed by atoms with Gasteiger partial charge >= 0.3 is 0 Å². The molecule has 1 unspecified atom stereocenters. The van der Waals surface area contributed by atoms with Gasteiger partial charge in [0.25, 0.3) is 0 Å². The highest BCUT2D eigenvalue weighted by Gasteiger charge is 2.15. The zero-order chi connectivity index (χ0) is 12.2. The van der Waals surface area contributed by atoms with Crippen LogP contribution in [0.3, 0.4) is 0 Å². The van der Waals surface area contributed by atoms with E-state index in [1.807, 2.05) is 0 Å². The number of hydrogen-bond donors (Lipinski definition) is 0. The first-order valence-corrected chi connectivity index (χ1v) is 5.89. The Morgan fingerprint density at radius 1 is 1.19 bits per heavy atom. The Morgan fingerprint density at radius 3 is 2.38 bits per heavy atom. The fourth-order valence-corrected chi connectivity index (χ4v) is 1.73. The monoisotopic (exact) mass is 228 g/mol. The van der Waals surface area contributed by atoms with Gasteiger partial charge in [-0.05, 0) is 12.8 Å². The molecule has 16 heavy (non-hydrogen) atoms. The molecular formula is C12H24N2O2. The van der Waals surface area contributed by atoms with Crippen molar-refractivity contribution in [1.82, 2.24) is 4.90 Å². The lowest BCUT2D eigenvalue weighted by atomic mass is 10.1. The Kier molecular flexibility index (Phi) is 10.4. The summed E-state index contributed by atoms with van der Waals surface area (Å²) in [6, 6.07) is 2.60. The normalized spacial score (nSPS) is 12.7. The summed E-state index contributed by atoms with van der Waals surface area (Å²) in [6.45, 7) is 5.47. The quantitative estimate of drug-likeness (QED) is 0.533. The Bertz CT molecular complexity index is 192. The van der Waals surface area contributed by atoms with Crippen molar-refractivity contribution in [3.63, 3.8) is 0 Å². The summed E-state index contributed by atoms with van der Waals surface area (Å²) < 4.78 is 10.1. The second-order valence-electron chi connectivity index (χ2n) is 3.80. The van der Waals surface area contributed by atoms with E-state index in [1.54, 1.807) is 14.2 Å². The summed E-state index contributed by atoms with van der Waals surface area (Å²) in [7, 11) is 3.42. The highest BCUT2D eigenvalue weighted by Crippen LogP contribution is 2.09. The number of ether oxygens (including phenoxy) is 2. The van der Waals surface area contributed by atoms with Gasteiger partial charge in [0.05, 0.1) is 19.1 Å². The second-order valence-corrected chi connectivity index (χ2v) is 3.80. The van der Waals surface area contributed by atoms with Crippen molar-refractivity contribution in [3.8, 4) is 6.07 Å². The minimum atomic E-state index is 0.344. The molecule has 0 aromatic carbocycles. The molecule has 0 saturated carbocycles. The highest BCUT2D eigenvalue weighted by molar-refractivity contribution is 4.82. The van der Waals surface area contributed by atoms with Crippen molar-refractivity contribution in [2.24, 2.45) is 0 Å². The number of nitriles is 1. The van der Waals surface area contributed by atoms with Crippen LogP contribution < -0.4 is 0 Å². The molecule has 0 rings (SSSR count). The number of methoxy groups -OCH3 is 2. The summed E-state index contributed by atoms with van der Waals surface area (Å²) in [5, 5.41) is 8.78. The van der Waals surface area contributed by atoms with Crippen molar-refractivity contribution in [1.29, 1.82) is 5.26 Å². The van der Waals surface area contributed by atoms with E-state index in [0.717, 1.165) is 39.1 Å². The van der Waals surface area contributed by atoms with E-state index in [-0.39, 0.29) is 0 Å². The third-order valence-electron chi connectivity index (χ3n) is 2.69. The largest absolute Gasteiger partial charge is 0.385 e. The molecule has 94 valence electrons. The van der Waals surface area contributed by atoms with Crippen LogP contribution in [-0.4, -0.2) is 51.5 Å². The van der Waals surface area contributed by atoms with E-state index in [0.29, 0.717) is 12.5 Å². The van der Waals surface area contributed by atoms with E-state index >= 15 is 0 Å². The molecule has 0 N–H and O–H groups in total. The number of nitrogens with zero attached hydrogens (tertiary/aromatic N) is 2. The van der Waals surface area contributed by atoms with E-state index in [9.17, 15) is 0 Å². The fourth-order valence-electron chi connectivity index (χ4n) is 1.73. The molecule has 0 fully saturated rings. The van der Waals surface area contributed by atoms with Crippen LogP contribution in [0.5, 0.6) is 0 Å². The number of hydrogen-bond acceptors (Lipinski definition) is 4. The lowest BCUT2D eigenvalue weighted by Gasteiger charge is -2.29. The van der Waals surface area contributed by atoms with Crippen LogP contribution in [0.1, 0.15) is 26.2 Å². The van der Waals surface area contributed by atoms with E-state index in [2.05, 4.69) is 17.9 Å². The molecule has 0 spiro atoms. The molecule has 0 aliphatic rings. The van der Waals surface area contributed by atoms with Crippen LogP contribution in [0.25, 0.3) is 0 Å². The van der Waals surface area contributed by atoms with Gasteiger partial charge in [-0.1, -0.05) is 6.92 Å². The van der Waals surface area contributed by atoms with Crippen molar-refractivity contribution >= 4 is 0 Å². The van der Waals surface area contributed by atoms with Crippen LogP contribution in [0.15, 0.2) is 0 Å². The van der Waals surface area contributed by atoms with Gasteiger partial charge in [0.1, 0.15) is 0 Å². The lowest BCUT2D eigenvalue weighted by molar-refractivity contribution is 0.105. The average Bonchev–Trinajstić information content (AvgIpc) is 2.31. The molecule has 0 radical (unpaired) electrons. The van der Waals surface area contributed by atoms with E-state index < -0.39 is 0 Å². The molecule has 4 heteroatoms. The lowest BCUT2D eigenvalue weighted by Crippen LogP contribution is -2.38. The smallest absolute Gasteiger partial charge is 0.0638 e. The summed E-state index contributed by atoms with van der Waals surface area (Å²) in [5.74, 6) is 0. The summed E-state index contributed by atoms with van der Waals surface area (Å²) in [6.07, 6.45) is 2.60. The molecule has 0 aliphatic carbocycles. The van der Waals surface area contributed by atoms with Gasteiger partial charge in [-0.15, -0.1) is 0 Å². The topological polar surface area (TPSA) is 45.5 Å². The van der Waals surface area contributed by atoms with Crippen molar-refractivity contribution < 1.29 is 9.47 Å². The van der Waals surface area contributed by atoms with Crippen LogP contribution in [0, 0.1) is 11.3 Å². The molecule has 0 heterocycles. The third kappa shape index (κ3) is 6.78. The van der Waals surface area contributed by atoms with Gasteiger partial charge in [0.15, 0.2) is 0 Å². The molecule has 0 aliphatic heterocycles. The minimum Gasteiger partial charge on any atom is -0.385 e. The zero-order valence-corrected chi connectivity index (χ0v) is 10.7. The second kappa shape index (κ2) is 10.9. The van der Waals surface area contributed by atoms with Gasteiger partial charge in [-0.2, -0.15) is 5.26 Å². The highest BCUT2D eigenvalue weighted by atomic mass is 16.5. The Hall–Kier alpha value is -0.630. The first-order valence-electron chi connectivity index (χ1n) is 5.89. The van der Waals surface area contributed by atoms with Crippen LogP contribution >= 0.6 is 0 Å². The zero-order valence-electron chi connectivity index (χ0n) is 10.7. The van der Waals surface area contributed by atoms with Crippen LogP contribution in [0.4, 0.5) is 0 Å². The molecule has 0 aromatic heterocycles. The molecule has 1 atom stereocenters. The molecule has 0 saturated heterocycles. The average molecular weight is 228 g/mol. The van der Waals surface area contributed by atoms with Crippen LogP contribution in [0.2, 0.25) is 0 Å². The molecule has 0 aromatic rings. The fraction of sp³-hybridized carbons (Fsp3) is 0.917. The minimum absolute atomic E-state index is 0.344. The Labute approximate surface area is 99.1 Å². The Balaban J connectivity index is 4.09.